The smallest absolute Gasteiger partial charge is 0.257 e. The molecule has 2 heterocycles. The van der Waals surface area contributed by atoms with Gasteiger partial charge in [-0.1, -0.05) is 30.3 Å². The SMILES string of the molecule is COc1ccccc1CNC(=O)c1cn2c3c(cccc3c1=O)C[C@H]2C. The molecule has 1 aromatic heterocycles. The van der Waals surface area contributed by atoms with Crippen molar-refractivity contribution in [3.63, 3.8) is 0 Å². The Bertz CT molecular complexity index is 1070. The van der Waals surface area contributed by atoms with E-state index in [2.05, 4.69) is 12.2 Å². The molecule has 1 amide bonds. The zero-order valence-electron chi connectivity index (χ0n) is 14.8. The summed E-state index contributed by atoms with van der Waals surface area (Å²) in [5, 5.41) is 3.45. The van der Waals surface area contributed by atoms with E-state index in [9.17, 15) is 9.59 Å². The van der Waals surface area contributed by atoms with Crippen molar-refractivity contribution in [2.24, 2.45) is 0 Å². The summed E-state index contributed by atoms with van der Waals surface area (Å²) in [5.74, 6) is 0.343. The van der Waals surface area contributed by atoms with Gasteiger partial charge in [-0.3, -0.25) is 9.59 Å². The van der Waals surface area contributed by atoms with Crippen LogP contribution < -0.4 is 15.5 Å². The number of nitrogens with zero attached hydrogens (tertiary/aromatic N) is 1. The number of nitrogens with one attached hydrogen (secondary N) is 1. The van der Waals surface area contributed by atoms with Crippen LogP contribution in [0.4, 0.5) is 0 Å². The van der Waals surface area contributed by atoms with E-state index in [1.807, 2.05) is 41.0 Å². The van der Waals surface area contributed by atoms with E-state index in [0.717, 1.165) is 23.1 Å². The van der Waals surface area contributed by atoms with Gasteiger partial charge in [0.1, 0.15) is 11.3 Å². The molecule has 5 nitrogen and oxygen atoms in total. The quantitative estimate of drug-likeness (QED) is 0.788. The molecule has 0 radical (unpaired) electrons. The van der Waals surface area contributed by atoms with Gasteiger partial charge in [0, 0.05) is 29.7 Å². The zero-order chi connectivity index (χ0) is 18.3. The molecule has 132 valence electrons. The van der Waals surface area contributed by atoms with Gasteiger partial charge in [-0.15, -0.1) is 0 Å². The second kappa shape index (κ2) is 6.33. The van der Waals surface area contributed by atoms with Gasteiger partial charge in [0.2, 0.25) is 5.43 Å². The van der Waals surface area contributed by atoms with Crippen LogP contribution in [0.25, 0.3) is 10.9 Å². The first-order valence-electron chi connectivity index (χ1n) is 8.67. The van der Waals surface area contributed by atoms with Crippen LogP contribution >= 0.6 is 0 Å². The summed E-state index contributed by atoms with van der Waals surface area (Å²) in [6.45, 7) is 2.40. The van der Waals surface area contributed by atoms with Crippen molar-refractivity contribution in [3.05, 3.63) is 75.6 Å². The summed E-state index contributed by atoms with van der Waals surface area (Å²) in [6, 6.07) is 13.5. The second-order valence-electron chi connectivity index (χ2n) is 6.64. The van der Waals surface area contributed by atoms with E-state index in [-0.39, 0.29) is 22.9 Å². The maximum Gasteiger partial charge on any atom is 0.257 e. The van der Waals surface area contributed by atoms with Gasteiger partial charge in [-0.2, -0.15) is 0 Å². The van der Waals surface area contributed by atoms with Crippen LogP contribution in [0.5, 0.6) is 5.75 Å². The number of benzene rings is 2. The molecule has 1 atom stereocenters. The third kappa shape index (κ3) is 2.56. The van der Waals surface area contributed by atoms with Crippen molar-refractivity contribution >= 4 is 16.8 Å². The lowest BCUT2D eigenvalue weighted by atomic mass is 10.1. The number of carbonyl (C=O) groups is 1. The van der Waals surface area contributed by atoms with E-state index in [0.29, 0.717) is 17.7 Å². The first kappa shape index (κ1) is 16.4. The highest BCUT2D eigenvalue weighted by atomic mass is 16.5. The minimum absolute atomic E-state index is 0.179. The molecule has 3 aromatic rings. The third-order valence-electron chi connectivity index (χ3n) is 5.00. The lowest BCUT2D eigenvalue weighted by Gasteiger charge is -2.13. The Morgan fingerprint density at radius 2 is 2.04 bits per heavy atom. The van der Waals surface area contributed by atoms with E-state index < -0.39 is 0 Å². The standard InChI is InChI=1S/C21H20N2O3/c1-13-10-14-7-5-8-16-19(14)23(13)12-17(20(16)24)21(25)22-11-15-6-3-4-9-18(15)26-2/h3-9,12-13H,10-11H2,1-2H3,(H,22,25)/t13-/m1/s1. The van der Waals surface area contributed by atoms with Crippen molar-refractivity contribution in [2.75, 3.05) is 7.11 Å². The number of hydrogen-bond donors (Lipinski definition) is 1. The molecule has 0 saturated heterocycles. The third-order valence-corrected chi connectivity index (χ3v) is 5.00. The van der Waals surface area contributed by atoms with Gasteiger partial charge < -0.3 is 14.6 Å². The normalized spacial score (nSPS) is 15.2. The molecule has 5 heteroatoms. The number of carbonyl (C=O) groups excluding carboxylic acids is 1. The predicted octanol–water partition coefficient (Wildman–Crippen LogP) is 3.06. The maximum atomic E-state index is 12.8. The number of aromatic nitrogens is 1. The van der Waals surface area contributed by atoms with Crippen LogP contribution in [0, 0.1) is 0 Å². The van der Waals surface area contributed by atoms with Crippen LogP contribution in [-0.4, -0.2) is 17.6 Å². The van der Waals surface area contributed by atoms with E-state index in [1.54, 1.807) is 19.4 Å². The number of rotatable bonds is 4. The molecule has 0 bridgehead atoms. The highest BCUT2D eigenvalue weighted by Crippen LogP contribution is 2.30. The van der Waals surface area contributed by atoms with Gasteiger partial charge >= 0.3 is 0 Å². The Morgan fingerprint density at radius 3 is 2.85 bits per heavy atom. The lowest BCUT2D eigenvalue weighted by Crippen LogP contribution is -2.29. The van der Waals surface area contributed by atoms with Crippen molar-refractivity contribution < 1.29 is 9.53 Å². The Morgan fingerprint density at radius 1 is 1.23 bits per heavy atom. The summed E-state index contributed by atoms with van der Waals surface area (Å²) in [5.41, 5.74) is 2.94. The molecule has 1 N–H and O–H groups in total. The Kier molecular flexibility index (Phi) is 3.99. The molecular formula is C21H20N2O3. The molecule has 0 aliphatic carbocycles. The molecule has 1 aliphatic rings. The molecule has 1 aliphatic heterocycles. The van der Waals surface area contributed by atoms with E-state index in [1.165, 1.54) is 0 Å². The van der Waals surface area contributed by atoms with E-state index in [4.69, 9.17) is 4.74 Å². The molecule has 2 aromatic carbocycles. The summed E-state index contributed by atoms with van der Waals surface area (Å²) in [7, 11) is 1.59. The Balaban J connectivity index is 1.68. The van der Waals surface area contributed by atoms with Crippen LogP contribution in [0.1, 0.15) is 34.5 Å². The maximum absolute atomic E-state index is 12.8. The van der Waals surface area contributed by atoms with Crippen molar-refractivity contribution in [1.29, 1.82) is 0 Å². The average Bonchev–Trinajstić information content (AvgIpc) is 2.99. The van der Waals surface area contributed by atoms with Gasteiger partial charge in [0.15, 0.2) is 0 Å². The minimum atomic E-state index is -0.365. The topological polar surface area (TPSA) is 60.3 Å². The van der Waals surface area contributed by atoms with Crippen LogP contribution in [0.15, 0.2) is 53.5 Å². The van der Waals surface area contributed by atoms with Gasteiger partial charge in [0.25, 0.3) is 5.91 Å². The highest BCUT2D eigenvalue weighted by Gasteiger charge is 2.24. The first-order chi connectivity index (χ1) is 12.6. The molecular weight excluding hydrogens is 328 g/mol. The molecule has 4 rings (SSSR count). The summed E-state index contributed by atoms with van der Waals surface area (Å²) in [6.07, 6.45) is 2.58. The summed E-state index contributed by atoms with van der Waals surface area (Å²) >= 11 is 0. The fraction of sp³-hybridized carbons (Fsp3) is 0.238. The van der Waals surface area contributed by atoms with E-state index >= 15 is 0 Å². The predicted molar refractivity (Wildman–Crippen MR) is 101 cm³/mol. The molecule has 26 heavy (non-hydrogen) atoms. The average molecular weight is 348 g/mol. The van der Waals surface area contributed by atoms with Gasteiger partial charge in [0.05, 0.1) is 12.6 Å². The van der Waals surface area contributed by atoms with Gasteiger partial charge in [-0.25, -0.2) is 0 Å². The largest absolute Gasteiger partial charge is 0.496 e. The number of ether oxygens (including phenoxy) is 1. The fourth-order valence-corrected chi connectivity index (χ4v) is 3.70. The number of amides is 1. The Labute approximate surface area is 151 Å². The number of methoxy groups -OCH3 is 1. The minimum Gasteiger partial charge on any atom is -0.496 e. The van der Waals surface area contributed by atoms with Crippen molar-refractivity contribution in [1.82, 2.24) is 9.88 Å². The second-order valence-corrected chi connectivity index (χ2v) is 6.64. The number of hydrogen-bond acceptors (Lipinski definition) is 3. The highest BCUT2D eigenvalue weighted by molar-refractivity contribution is 5.98. The van der Waals surface area contributed by atoms with Crippen LogP contribution in [0.2, 0.25) is 0 Å². The fourth-order valence-electron chi connectivity index (χ4n) is 3.70. The zero-order valence-corrected chi connectivity index (χ0v) is 14.8. The molecule has 0 spiro atoms. The van der Waals surface area contributed by atoms with Crippen molar-refractivity contribution in [3.8, 4) is 5.75 Å². The number of pyridine rings is 1. The molecule has 0 fully saturated rings. The number of para-hydroxylation sites is 2. The lowest BCUT2D eigenvalue weighted by molar-refractivity contribution is 0.0949. The van der Waals surface area contributed by atoms with Crippen LogP contribution in [0.3, 0.4) is 0 Å². The summed E-state index contributed by atoms with van der Waals surface area (Å²) in [4.78, 5) is 25.6. The summed E-state index contributed by atoms with van der Waals surface area (Å²) < 4.78 is 7.35. The van der Waals surface area contributed by atoms with Crippen molar-refractivity contribution in [2.45, 2.75) is 25.9 Å². The Hall–Kier alpha value is -3.08. The first-order valence-corrected chi connectivity index (χ1v) is 8.67. The molecule has 0 saturated carbocycles. The monoisotopic (exact) mass is 348 g/mol. The van der Waals surface area contributed by atoms with Gasteiger partial charge in [-0.05, 0) is 31.0 Å². The molecule has 0 unspecified atom stereocenters. The van der Waals surface area contributed by atoms with Crippen LogP contribution in [-0.2, 0) is 13.0 Å².